The first kappa shape index (κ1) is 24.3. The molecule has 1 amide bonds. The summed E-state index contributed by atoms with van der Waals surface area (Å²) in [6, 6.07) is 14.1. The molecule has 0 aromatic heterocycles. The molecule has 0 heterocycles. The van der Waals surface area contributed by atoms with Crippen LogP contribution in [0.1, 0.15) is 31.2 Å². The van der Waals surface area contributed by atoms with E-state index in [9.17, 15) is 9.36 Å². The lowest BCUT2D eigenvalue weighted by Gasteiger charge is -2.17. The minimum absolute atomic E-state index is 0.0978. The van der Waals surface area contributed by atoms with Crippen molar-refractivity contribution in [3.63, 3.8) is 0 Å². The number of carbonyl (C=O) groups is 1. The molecule has 30 heavy (non-hydrogen) atoms. The van der Waals surface area contributed by atoms with Gasteiger partial charge >= 0.3 is 13.7 Å². The number of benzene rings is 2. The highest BCUT2D eigenvalue weighted by Crippen LogP contribution is 2.35. The van der Waals surface area contributed by atoms with E-state index in [2.05, 4.69) is 5.32 Å². The molecule has 0 spiro atoms. The van der Waals surface area contributed by atoms with Crippen LogP contribution in [0.3, 0.4) is 0 Å². The zero-order chi connectivity index (χ0) is 21.8. The first-order valence-electron chi connectivity index (χ1n) is 10.1. The molecule has 0 aliphatic rings. The molecule has 0 aliphatic heterocycles. The van der Waals surface area contributed by atoms with Gasteiger partial charge in [0, 0.05) is 19.3 Å². The Morgan fingerprint density at radius 1 is 1.07 bits per heavy atom. The zero-order valence-electron chi connectivity index (χ0n) is 17.0. The lowest BCUT2D eigenvalue weighted by molar-refractivity contribution is 0.0178. The Morgan fingerprint density at radius 2 is 1.80 bits per heavy atom. The number of fused-ring (bicyclic) bond motifs is 1. The third-order valence-electron chi connectivity index (χ3n) is 4.62. The van der Waals surface area contributed by atoms with Crippen LogP contribution >= 0.6 is 7.60 Å². The van der Waals surface area contributed by atoms with E-state index in [4.69, 9.17) is 25.0 Å². The van der Waals surface area contributed by atoms with E-state index in [0.29, 0.717) is 32.4 Å². The van der Waals surface area contributed by atoms with E-state index >= 15 is 0 Å². The minimum atomic E-state index is -3.91. The molecule has 166 valence electrons. The van der Waals surface area contributed by atoms with Crippen LogP contribution in [0.4, 0.5) is 4.79 Å². The van der Waals surface area contributed by atoms with Crippen molar-refractivity contribution in [1.29, 1.82) is 0 Å². The Kier molecular flexibility index (Phi) is 10.3. The first-order chi connectivity index (χ1) is 14.4. The van der Waals surface area contributed by atoms with Gasteiger partial charge in [0.2, 0.25) is 0 Å². The van der Waals surface area contributed by atoms with Gasteiger partial charge in [-0.25, -0.2) is 4.79 Å². The second-order valence-corrected chi connectivity index (χ2v) is 8.92. The molecule has 5 N–H and O–H groups in total. The van der Waals surface area contributed by atoms with Crippen molar-refractivity contribution in [3.05, 3.63) is 48.0 Å². The molecule has 0 unspecified atom stereocenters. The molecule has 0 bridgehead atoms. The predicted molar refractivity (Wildman–Crippen MR) is 116 cm³/mol. The monoisotopic (exact) mass is 438 g/mol. The van der Waals surface area contributed by atoms with Gasteiger partial charge in [-0.3, -0.25) is 4.57 Å². The summed E-state index contributed by atoms with van der Waals surface area (Å²) in [6.45, 7) is 1.20. The van der Waals surface area contributed by atoms with E-state index in [1.165, 1.54) is 0 Å². The van der Waals surface area contributed by atoms with Crippen LogP contribution in [-0.4, -0.2) is 47.8 Å². The van der Waals surface area contributed by atoms with Crippen molar-refractivity contribution >= 4 is 24.5 Å². The van der Waals surface area contributed by atoms with Gasteiger partial charge in [-0.15, -0.1) is 0 Å². The second-order valence-electron chi connectivity index (χ2n) is 7.15. The van der Waals surface area contributed by atoms with Crippen LogP contribution in [0, 0.1) is 0 Å². The molecule has 0 saturated heterocycles. The summed E-state index contributed by atoms with van der Waals surface area (Å²) in [7, 11) is -3.91. The number of nitrogens with one attached hydrogen (secondary N) is 1. The Bertz CT molecular complexity index is 836. The van der Waals surface area contributed by atoms with Crippen molar-refractivity contribution in [2.24, 2.45) is 5.73 Å². The molecule has 8 nitrogen and oxygen atoms in total. The predicted octanol–water partition coefficient (Wildman–Crippen LogP) is 3.15. The lowest BCUT2D eigenvalue weighted by Crippen LogP contribution is -2.36. The number of alkyl carbamates (subject to hydrolysis) is 1. The van der Waals surface area contributed by atoms with Crippen molar-refractivity contribution in [2.45, 2.75) is 38.4 Å². The van der Waals surface area contributed by atoms with Crippen LogP contribution in [0.25, 0.3) is 10.8 Å². The smallest absolute Gasteiger partial charge is 0.407 e. The fourth-order valence-corrected chi connectivity index (χ4v) is 3.68. The fourth-order valence-electron chi connectivity index (χ4n) is 3.05. The number of ether oxygens (including phenoxy) is 2. The van der Waals surface area contributed by atoms with E-state index in [-0.39, 0.29) is 19.3 Å². The first-order valence-corrected chi connectivity index (χ1v) is 11.9. The van der Waals surface area contributed by atoms with E-state index in [1.807, 2.05) is 42.5 Å². The van der Waals surface area contributed by atoms with Crippen LogP contribution < -0.4 is 11.1 Å². The van der Waals surface area contributed by atoms with Gasteiger partial charge in [-0.05, 0) is 29.2 Å². The van der Waals surface area contributed by atoms with Crippen LogP contribution in [0.15, 0.2) is 42.5 Å². The summed E-state index contributed by atoms with van der Waals surface area (Å²) in [4.78, 5) is 29.5. The molecule has 1 atom stereocenters. The SMILES string of the molecule is NC[C@H](COCc1cccc2ccccc12)OC(=O)NCCCCCCP(=O)(O)O. The van der Waals surface area contributed by atoms with Gasteiger partial charge in [0.25, 0.3) is 0 Å². The van der Waals surface area contributed by atoms with Gasteiger partial charge in [-0.2, -0.15) is 0 Å². The third-order valence-corrected chi connectivity index (χ3v) is 5.52. The number of amides is 1. The zero-order valence-corrected chi connectivity index (χ0v) is 17.9. The summed E-state index contributed by atoms with van der Waals surface area (Å²) in [5.74, 6) is 0. The molecular formula is C21H31N2O6P. The maximum atomic E-state index is 11.9. The van der Waals surface area contributed by atoms with Crippen molar-refractivity contribution in [1.82, 2.24) is 5.32 Å². The highest BCUT2D eigenvalue weighted by molar-refractivity contribution is 7.51. The number of unbranched alkanes of at least 4 members (excludes halogenated alkanes) is 3. The fraction of sp³-hybridized carbons (Fsp3) is 0.476. The van der Waals surface area contributed by atoms with E-state index in [0.717, 1.165) is 22.8 Å². The van der Waals surface area contributed by atoms with Crippen molar-refractivity contribution in [3.8, 4) is 0 Å². The summed E-state index contributed by atoms with van der Waals surface area (Å²) < 4.78 is 21.8. The molecule has 9 heteroatoms. The summed E-state index contributed by atoms with van der Waals surface area (Å²) in [6.07, 6.45) is 1.47. The largest absolute Gasteiger partial charge is 0.442 e. The maximum Gasteiger partial charge on any atom is 0.407 e. The average molecular weight is 438 g/mol. The van der Waals surface area contributed by atoms with Crippen molar-refractivity contribution in [2.75, 3.05) is 25.9 Å². The number of hydrogen-bond donors (Lipinski definition) is 4. The Morgan fingerprint density at radius 3 is 2.57 bits per heavy atom. The van der Waals surface area contributed by atoms with Gasteiger partial charge in [0.1, 0.15) is 6.10 Å². The lowest BCUT2D eigenvalue weighted by atomic mass is 10.1. The summed E-state index contributed by atoms with van der Waals surface area (Å²) in [5.41, 5.74) is 6.75. The Balaban J connectivity index is 1.63. The topological polar surface area (TPSA) is 131 Å². The van der Waals surface area contributed by atoms with E-state index in [1.54, 1.807) is 0 Å². The summed E-state index contributed by atoms with van der Waals surface area (Å²) >= 11 is 0. The molecule has 2 aromatic rings. The molecular weight excluding hydrogens is 407 g/mol. The molecule has 0 saturated carbocycles. The molecule has 0 aliphatic carbocycles. The van der Waals surface area contributed by atoms with Gasteiger partial charge < -0.3 is 30.3 Å². The van der Waals surface area contributed by atoms with Gasteiger partial charge in [-0.1, -0.05) is 55.3 Å². The van der Waals surface area contributed by atoms with E-state index < -0.39 is 19.8 Å². The van der Waals surface area contributed by atoms with Gasteiger partial charge in [0.15, 0.2) is 0 Å². The van der Waals surface area contributed by atoms with Crippen LogP contribution in [0.2, 0.25) is 0 Å². The second kappa shape index (κ2) is 12.7. The van der Waals surface area contributed by atoms with Crippen molar-refractivity contribution < 1.29 is 28.6 Å². The number of hydrogen-bond acceptors (Lipinski definition) is 5. The normalized spacial score (nSPS) is 12.6. The standard InChI is InChI=1S/C21H31N2O6P/c22-14-19(29-21(24)23-12-5-1-2-6-13-30(25,26)27)16-28-15-18-10-7-9-17-8-3-4-11-20(17)18/h3-4,7-11,19H,1-2,5-6,12-16,22H2,(H,23,24)(H2,25,26,27)/t19-/m1/s1. The highest BCUT2D eigenvalue weighted by atomic mass is 31.2. The maximum absolute atomic E-state index is 11.9. The number of carbonyl (C=O) groups excluding carboxylic acids is 1. The third kappa shape index (κ3) is 9.24. The number of rotatable bonds is 13. The Labute approximate surface area is 176 Å². The molecule has 0 fully saturated rings. The van der Waals surface area contributed by atoms with Gasteiger partial charge in [0.05, 0.1) is 13.2 Å². The molecule has 2 aromatic carbocycles. The minimum Gasteiger partial charge on any atom is -0.442 e. The summed E-state index contributed by atoms with van der Waals surface area (Å²) in [5, 5.41) is 4.93. The van der Waals surface area contributed by atoms with Crippen LogP contribution in [0.5, 0.6) is 0 Å². The average Bonchev–Trinajstić information content (AvgIpc) is 2.71. The Hall–Kier alpha value is -1.96. The van der Waals surface area contributed by atoms with Crippen LogP contribution in [-0.2, 0) is 20.6 Å². The molecule has 2 rings (SSSR count). The quantitative estimate of drug-likeness (QED) is 0.279. The molecule has 0 radical (unpaired) electrons. The number of nitrogens with two attached hydrogens (primary N) is 1. The highest BCUT2D eigenvalue weighted by Gasteiger charge is 2.14.